The van der Waals surface area contributed by atoms with E-state index < -0.39 is 68.5 Å². The molecule has 5 rings (SSSR count). The van der Waals surface area contributed by atoms with Crippen LogP contribution in [0.15, 0.2) is 29.1 Å². The summed E-state index contributed by atoms with van der Waals surface area (Å²) < 4.78 is 75.4. The van der Waals surface area contributed by atoms with Gasteiger partial charge >= 0.3 is 5.97 Å². The third kappa shape index (κ3) is 3.56. The molecule has 2 unspecified atom stereocenters. The Morgan fingerprint density at radius 1 is 1.03 bits per heavy atom. The van der Waals surface area contributed by atoms with E-state index in [0.29, 0.717) is 16.7 Å². The topological polar surface area (TPSA) is 65.8 Å². The lowest BCUT2D eigenvalue weighted by Crippen LogP contribution is -2.42. The molecular weight excluding hydrogens is 473 g/mol. The summed E-state index contributed by atoms with van der Waals surface area (Å²) in [6.07, 6.45) is 1.72. The molecule has 2 atom stereocenters. The number of rotatable bonds is 3. The predicted molar refractivity (Wildman–Crippen MR) is 118 cm³/mol. The van der Waals surface area contributed by atoms with Crippen molar-refractivity contribution in [2.24, 2.45) is 5.92 Å². The second-order valence-corrected chi connectivity index (χ2v) is 9.00. The molecule has 6 nitrogen and oxygen atoms in total. The number of likely N-dealkylation sites (N-methyl/N-ethyl adjacent to an activating group) is 1. The zero-order chi connectivity index (χ0) is 25.2. The highest BCUT2D eigenvalue weighted by Crippen LogP contribution is 2.39. The van der Waals surface area contributed by atoms with Gasteiger partial charge in [-0.3, -0.25) is 9.36 Å². The first-order chi connectivity index (χ1) is 16.6. The van der Waals surface area contributed by atoms with Gasteiger partial charge in [-0.05, 0) is 44.5 Å². The van der Waals surface area contributed by atoms with Gasteiger partial charge in [0.1, 0.15) is 23.0 Å². The fraction of sp³-hybridized carbons (Fsp3) is 0.333. The van der Waals surface area contributed by atoms with Gasteiger partial charge in [0.2, 0.25) is 0 Å². The van der Waals surface area contributed by atoms with Gasteiger partial charge < -0.3 is 14.9 Å². The number of hydrogen-bond donors (Lipinski definition) is 1. The molecule has 0 aliphatic carbocycles. The number of fused-ring (bicyclic) bond motifs is 2. The Labute approximate surface area is 195 Å². The maximum Gasteiger partial charge on any atom is 0.353 e. The summed E-state index contributed by atoms with van der Waals surface area (Å²) in [5.74, 6) is -8.59. The van der Waals surface area contributed by atoms with Crippen LogP contribution in [0.4, 0.5) is 27.6 Å². The van der Waals surface area contributed by atoms with Gasteiger partial charge in [-0.15, -0.1) is 0 Å². The van der Waals surface area contributed by atoms with E-state index in [4.69, 9.17) is 0 Å². The molecule has 1 N–H and O–H groups in total. The number of aromatic carboxylic acids is 1. The smallest absolute Gasteiger partial charge is 0.353 e. The van der Waals surface area contributed by atoms with Crippen molar-refractivity contribution in [2.75, 3.05) is 31.6 Å². The Bertz CT molecular complexity index is 1440. The summed E-state index contributed by atoms with van der Waals surface area (Å²) in [6.45, 7) is 1.21. The number of halogens is 5. The van der Waals surface area contributed by atoms with Crippen molar-refractivity contribution in [1.29, 1.82) is 0 Å². The molecule has 1 aromatic heterocycles. The number of carboxylic acid groups (broad SMARTS) is 1. The molecule has 2 aromatic carbocycles. The molecule has 2 aliphatic rings. The number of benzene rings is 2. The van der Waals surface area contributed by atoms with E-state index in [1.54, 1.807) is 0 Å². The van der Waals surface area contributed by atoms with Gasteiger partial charge in [0.25, 0.3) is 0 Å². The van der Waals surface area contributed by atoms with Crippen LogP contribution >= 0.6 is 0 Å². The summed E-state index contributed by atoms with van der Waals surface area (Å²) in [5, 5.41) is 8.60. The molecule has 2 fully saturated rings. The Morgan fingerprint density at radius 2 is 1.77 bits per heavy atom. The van der Waals surface area contributed by atoms with Crippen molar-refractivity contribution in [2.45, 2.75) is 18.9 Å². The lowest BCUT2D eigenvalue weighted by molar-refractivity contribution is 0.0687. The van der Waals surface area contributed by atoms with Crippen LogP contribution in [-0.2, 0) is 0 Å². The molecule has 0 radical (unpaired) electrons. The SMILES string of the molecule is CN1CCCC2CN(c3c(F)c(F)c4c(=O)cc(C(=O)O)n(-c5ccc(F)cc5F)c4c3F)CC21. The van der Waals surface area contributed by atoms with Gasteiger partial charge in [-0.1, -0.05) is 0 Å². The molecule has 0 spiro atoms. The Balaban J connectivity index is 1.84. The lowest BCUT2D eigenvalue weighted by Gasteiger charge is -2.33. The third-order valence-electron chi connectivity index (χ3n) is 7.00. The molecule has 3 heterocycles. The number of aromatic nitrogens is 1. The number of hydrogen-bond acceptors (Lipinski definition) is 4. The number of pyridine rings is 1. The highest BCUT2D eigenvalue weighted by Gasteiger charge is 2.40. The number of piperidine rings is 1. The molecule has 0 amide bonds. The number of nitrogens with zero attached hydrogens (tertiary/aromatic N) is 3. The van der Waals surface area contributed by atoms with Gasteiger partial charge in [0.05, 0.1) is 16.6 Å². The van der Waals surface area contributed by atoms with Gasteiger partial charge in [-0.2, -0.15) is 0 Å². The number of anilines is 1. The summed E-state index contributed by atoms with van der Waals surface area (Å²) in [4.78, 5) is 27.9. The standard InChI is InChI=1S/C24H20F5N3O3/c1-30-6-2-3-11-9-31(10-16(11)30)23-20(28)19(27)18-17(33)8-15(24(34)35)32(22(18)21(23)29)14-5-4-12(25)7-13(14)26/h4-5,7-8,11,16H,2-3,6,9-10H2,1H3,(H,34,35). The van der Waals surface area contributed by atoms with Gasteiger partial charge in [-0.25, -0.2) is 26.7 Å². The monoisotopic (exact) mass is 493 g/mol. The maximum atomic E-state index is 16.1. The fourth-order valence-corrected chi connectivity index (χ4v) is 5.39. The summed E-state index contributed by atoms with van der Waals surface area (Å²) in [5.41, 5.74) is -4.50. The average molecular weight is 493 g/mol. The highest BCUT2D eigenvalue weighted by molar-refractivity contribution is 5.94. The Kier molecular flexibility index (Phi) is 5.54. The molecule has 2 saturated heterocycles. The zero-order valence-corrected chi connectivity index (χ0v) is 18.5. The largest absolute Gasteiger partial charge is 0.477 e. The number of carbonyl (C=O) groups is 1. The first kappa shape index (κ1) is 23.3. The predicted octanol–water partition coefficient (Wildman–Crippen LogP) is 3.91. The van der Waals surface area contributed by atoms with Crippen molar-refractivity contribution in [3.05, 3.63) is 69.3 Å². The van der Waals surface area contributed by atoms with E-state index in [1.807, 2.05) is 7.05 Å². The van der Waals surface area contributed by atoms with E-state index in [1.165, 1.54) is 4.90 Å². The molecule has 0 bridgehead atoms. The average Bonchev–Trinajstić information content (AvgIpc) is 3.22. The van der Waals surface area contributed by atoms with E-state index >= 15 is 13.2 Å². The Hall–Kier alpha value is -3.47. The number of carboxylic acids is 1. The third-order valence-corrected chi connectivity index (χ3v) is 7.00. The van der Waals surface area contributed by atoms with E-state index in [0.717, 1.165) is 31.5 Å². The van der Waals surface area contributed by atoms with Crippen molar-refractivity contribution in [3.8, 4) is 5.69 Å². The highest BCUT2D eigenvalue weighted by atomic mass is 19.2. The zero-order valence-electron chi connectivity index (χ0n) is 18.5. The number of likely N-dealkylation sites (tertiary alicyclic amines) is 1. The second kappa shape index (κ2) is 8.33. The molecular formula is C24H20F5N3O3. The van der Waals surface area contributed by atoms with Crippen LogP contribution in [0.2, 0.25) is 0 Å². The summed E-state index contributed by atoms with van der Waals surface area (Å²) in [6, 6.07) is 2.50. The van der Waals surface area contributed by atoms with E-state index in [2.05, 4.69) is 4.90 Å². The van der Waals surface area contributed by atoms with Crippen molar-refractivity contribution >= 4 is 22.6 Å². The van der Waals surface area contributed by atoms with E-state index in [-0.39, 0.29) is 25.0 Å². The van der Waals surface area contributed by atoms with Crippen LogP contribution in [0.1, 0.15) is 23.3 Å². The van der Waals surface area contributed by atoms with Crippen molar-refractivity contribution in [3.63, 3.8) is 0 Å². The first-order valence-corrected chi connectivity index (χ1v) is 11.0. The van der Waals surface area contributed by atoms with Gasteiger partial charge in [0, 0.05) is 31.3 Å². The quantitative estimate of drug-likeness (QED) is 0.443. The molecule has 35 heavy (non-hydrogen) atoms. The van der Waals surface area contributed by atoms with Crippen molar-refractivity contribution < 1.29 is 31.9 Å². The van der Waals surface area contributed by atoms with Crippen LogP contribution in [0, 0.1) is 35.0 Å². The van der Waals surface area contributed by atoms with Crippen LogP contribution in [-0.4, -0.2) is 53.3 Å². The molecule has 11 heteroatoms. The first-order valence-electron chi connectivity index (χ1n) is 11.0. The van der Waals surface area contributed by atoms with E-state index in [9.17, 15) is 23.5 Å². The maximum absolute atomic E-state index is 16.1. The van der Waals surface area contributed by atoms with Gasteiger partial charge in [0.15, 0.2) is 22.9 Å². The molecule has 0 saturated carbocycles. The van der Waals surface area contributed by atoms with Crippen LogP contribution in [0.3, 0.4) is 0 Å². The summed E-state index contributed by atoms with van der Waals surface area (Å²) >= 11 is 0. The van der Waals surface area contributed by atoms with Crippen molar-refractivity contribution in [1.82, 2.24) is 9.47 Å². The van der Waals surface area contributed by atoms with Crippen LogP contribution < -0.4 is 10.3 Å². The molecule has 3 aromatic rings. The fourth-order valence-electron chi connectivity index (χ4n) is 5.39. The normalized spacial score (nSPS) is 20.5. The minimum Gasteiger partial charge on any atom is -0.477 e. The van der Waals surface area contributed by atoms with Crippen LogP contribution in [0.25, 0.3) is 16.6 Å². The lowest BCUT2D eigenvalue weighted by atomic mass is 9.93. The molecule has 184 valence electrons. The second-order valence-electron chi connectivity index (χ2n) is 9.00. The minimum atomic E-state index is -1.74. The van der Waals surface area contributed by atoms with Crippen LogP contribution in [0.5, 0.6) is 0 Å². The summed E-state index contributed by atoms with van der Waals surface area (Å²) in [7, 11) is 1.89. The minimum absolute atomic E-state index is 0.0246. The Morgan fingerprint density at radius 3 is 2.43 bits per heavy atom. The molecule has 2 aliphatic heterocycles.